The average molecular weight is 391 g/mol. The van der Waals surface area contributed by atoms with Gasteiger partial charge in [-0.05, 0) is 50.6 Å². The molecule has 27 heavy (non-hydrogen) atoms. The number of carbonyl (C=O) groups excluding carboxylic acids is 2. The Morgan fingerprint density at radius 3 is 2.67 bits per heavy atom. The summed E-state index contributed by atoms with van der Waals surface area (Å²) in [5.41, 5.74) is 4.35. The Morgan fingerprint density at radius 2 is 2.00 bits per heavy atom. The largest absolute Gasteiger partial charge is 0.450 e. The summed E-state index contributed by atoms with van der Waals surface area (Å²) in [5.74, 6) is -0.390. The number of amides is 2. The molecule has 2 N–H and O–H groups in total. The Kier molecular flexibility index (Phi) is 7.75. The number of hydrogen-bond acceptors (Lipinski definition) is 7. The molecule has 2 rings (SSSR count). The summed E-state index contributed by atoms with van der Waals surface area (Å²) in [6.07, 6.45) is -0.716. The molecular weight excluding hydrogens is 364 g/mol. The predicted octanol–water partition coefficient (Wildman–Crippen LogP) is 3.60. The van der Waals surface area contributed by atoms with Crippen LogP contribution in [-0.4, -0.2) is 41.6 Å². The summed E-state index contributed by atoms with van der Waals surface area (Å²) in [5, 5.41) is 8.29. The molecule has 0 unspecified atom stereocenters. The molecule has 2 amide bonds. The molecule has 1 aromatic carbocycles. The Labute approximate surface area is 163 Å². The molecule has 2 aromatic rings. The third-order valence-electron chi connectivity index (χ3n) is 4.03. The second-order valence-electron chi connectivity index (χ2n) is 6.14. The first-order valence-electron chi connectivity index (χ1n) is 8.88. The van der Waals surface area contributed by atoms with Crippen LogP contribution in [0.2, 0.25) is 0 Å². The second-order valence-corrected chi connectivity index (χ2v) is 7.00. The Balaban J connectivity index is 1.91. The van der Waals surface area contributed by atoms with E-state index in [4.69, 9.17) is 4.74 Å². The molecule has 0 saturated carbocycles. The van der Waals surface area contributed by atoms with Crippen molar-refractivity contribution in [2.45, 2.75) is 34.2 Å². The summed E-state index contributed by atoms with van der Waals surface area (Å²) in [6, 6.07) is 6.20. The summed E-state index contributed by atoms with van der Waals surface area (Å²) in [4.78, 5) is 29.7. The van der Waals surface area contributed by atoms with E-state index in [1.807, 2.05) is 23.3 Å². The van der Waals surface area contributed by atoms with Gasteiger partial charge in [0.15, 0.2) is 5.13 Å². The number of likely N-dealkylation sites (N-methyl/N-ethyl adjacent to an activating group) is 1. The lowest BCUT2D eigenvalue weighted by atomic mass is 10.1. The van der Waals surface area contributed by atoms with Crippen LogP contribution in [0.5, 0.6) is 0 Å². The SMILES string of the molecule is CCOC(=O)NC(=O)CN(CC)Cc1csc(Nc2ccc(C)c(C)c2)n1. The van der Waals surface area contributed by atoms with E-state index in [1.165, 1.54) is 22.5 Å². The minimum Gasteiger partial charge on any atom is -0.450 e. The number of nitrogens with zero attached hydrogens (tertiary/aromatic N) is 2. The number of thiazole rings is 1. The summed E-state index contributed by atoms with van der Waals surface area (Å²) in [6.45, 7) is 9.32. The molecule has 7 nitrogen and oxygen atoms in total. The number of anilines is 2. The molecule has 0 aliphatic rings. The van der Waals surface area contributed by atoms with E-state index in [0.29, 0.717) is 13.1 Å². The van der Waals surface area contributed by atoms with Crippen LogP contribution in [-0.2, 0) is 16.1 Å². The molecule has 0 bridgehead atoms. The van der Waals surface area contributed by atoms with Crippen molar-refractivity contribution in [3.8, 4) is 0 Å². The number of imide groups is 1. The molecule has 0 saturated heterocycles. The molecule has 146 valence electrons. The van der Waals surface area contributed by atoms with E-state index in [1.54, 1.807) is 6.92 Å². The zero-order valence-corrected chi connectivity index (χ0v) is 17.0. The normalized spacial score (nSPS) is 10.7. The van der Waals surface area contributed by atoms with E-state index in [0.717, 1.165) is 16.5 Å². The summed E-state index contributed by atoms with van der Waals surface area (Å²) < 4.78 is 4.71. The maximum Gasteiger partial charge on any atom is 0.413 e. The highest BCUT2D eigenvalue weighted by molar-refractivity contribution is 7.13. The molecule has 8 heteroatoms. The van der Waals surface area contributed by atoms with Gasteiger partial charge in [0, 0.05) is 17.6 Å². The van der Waals surface area contributed by atoms with Crippen LogP contribution in [0.25, 0.3) is 0 Å². The van der Waals surface area contributed by atoms with Gasteiger partial charge in [-0.15, -0.1) is 11.3 Å². The second kappa shape index (κ2) is 10.0. The van der Waals surface area contributed by atoms with Crippen LogP contribution in [0.4, 0.5) is 15.6 Å². The van der Waals surface area contributed by atoms with E-state index in [9.17, 15) is 9.59 Å². The first-order chi connectivity index (χ1) is 12.9. The standard InChI is InChI=1S/C19H26N4O3S/c1-5-23(11-17(24)22-19(25)26-6-2)10-16-12-27-18(21-16)20-15-8-7-13(3)14(4)9-15/h7-9,12H,5-6,10-11H2,1-4H3,(H,20,21)(H,22,24,25). The van der Waals surface area contributed by atoms with Crippen molar-refractivity contribution in [3.63, 3.8) is 0 Å². The number of aryl methyl sites for hydroxylation is 2. The molecule has 0 aliphatic carbocycles. The third kappa shape index (κ3) is 6.65. The molecule has 0 aliphatic heterocycles. The van der Waals surface area contributed by atoms with Gasteiger partial charge in [0.1, 0.15) is 0 Å². The van der Waals surface area contributed by atoms with Gasteiger partial charge in [-0.1, -0.05) is 13.0 Å². The fraction of sp³-hybridized carbons (Fsp3) is 0.421. The van der Waals surface area contributed by atoms with Gasteiger partial charge in [0.25, 0.3) is 0 Å². The van der Waals surface area contributed by atoms with Crippen LogP contribution < -0.4 is 10.6 Å². The van der Waals surface area contributed by atoms with Gasteiger partial charge in [0.05, 0.1) is 18.8 Å². The van der Waals surface area contributed by atoms with Gasteiger partial charge in [0.2, 0.25) is 5.91 Å². The van der Waals surface area contributed by atoms with Crippen molar-refractivity contribution in [2.75, 3.05) is 25.0 Å². The molecular formula is C19H26N4O3S. The lowest BCUT2D eigenvalue weighted by Gasteiger charge is -2.18. The van der Waals surface area contributed by atoms with Crippen LogP contribution in [0.15, 0.2) is 23.6 Å². The van der Waals surface area contributed by atoms with E-state index < -0.39 is 6.09 Å². The molecule has 1 aromatic heterocycles. The van der Waals surface area contributed by atoms with Gasteiger partial charge in [-0.3, -0.25) is 15.0 Å². The van der Waals surface area contributed by atoms with Gasteiger partial charge >= 0.3 is 6.09 Å². The highest BCUT2D eigenvalue weighted by Gasteiger charge is 2.14. The quantitative estimate of drug-likeness (QED) is 0.717. The van der Waals surface area contributed by atoms with Gasteiger partial charge in [-0.2, -0.15) is 0 Å². The highest BCUT2D eigenvalue weighted by Crippen LogP contribution is 2.23. The fourth-order valence-electron chi connectivity index (χ4n) is 2.41. The van der Waals surface area contributed by atoms with Gasteiger partial charge in [-0.25, -0.2) is 9.78 Å². The molecule has 1 heterocycles. The number of alkyl carbamates (subject to hydrolysis) is 1. The molecule has 0 spiro atoms. The van der Waals surface area contributed by atoms with E-state index in [2.05, 4.69) is 41.6 Å². The van der Waals surface area contributed by atoms with Crippen LogP contribution in [0.1, 0.15) is 30.7 Å². The molecule has 0 radical (unpaired) electrons. The van der Waals surface area contributed by atoms with Gasteiger partial charge < -0.3 is 10.1 Å². The molecule has 0 fully saturated rings. The Bertz CT molecular complexity index is 791. The van der Waals surface area contributed by atoms with Crippen LogP contribution in [0, 0.1) is 13.8 Å². The number of carbonyl (C=O) groups is 2. The predicted molar refractivity (Wildman–Crippen MR) is 107 cm³/mol. The number of hydrogen-bond donors (Lipinski definition) is 2. The Hall–Kier alpha value is -2.45. The van der Waals surface area contributed by atoms with Crippen molar-refractivity contribution in [3.05, 3.63) is 40.4 Å². The fourth-order valence-corrected chi connectivity index (χ4v) is 3.13. The first kappa shape index (κ1) is 20.9. The van der Waals surface area contributed by atoms with Crippen molar-refractivity contribution in [1.29, 1.82) is 0 Å². The van der Waals surface area contributed by atoms with Crippen LogP contribution in [0.3, 0.4) is 0 Å². The number of rotatable bonds is 8. The van der Waals surface area contributed by atoms with E-state index >= 15 is 0 Å². The number of aromatic nitrogens is 1. The lowest BCUT2D eigenvalue weighted by Crippen LogP contribution is -2.40. The molecule has 0 atom stereocenters. The zero-order chi connectivity index (χ0) is 19.8. The van der Waals surface area contributed by atoms with E-state index in [-0.39, 0.29) is 19.1 Å². The minimum absolute atomic E-state index is 0.104. The van der Waals surface area contributed by atoms with Crippen molar-refractivity contribution < 1.29 is 14.3 Å². The third-order valence-corrected chi connectivity index (χ3v) is 4.83. The number of nitrogens with one attached hydrogen (secondary N) is 2. The first-order valence-corrected chi connectivity index (χ1v) is 9.76. The maximum absolute atomic E-state index is 11.9. The minimum atomic E-state index is -0.716. The zero-order valence-electron chi connectivity index (χ0n) is 16.2. The lowest BCUT2D eigenvalue weighted by molar-refractivity contribution is -0.121. The number of ether oxygens (including phenoxy) is 1. The summed E-state index contributed by atoms with van der Waals surface area (Å²) >= 11 is 1.52. The monoisotopic (exact) mass is 390 g/mol. The summed E-state index contributed by atoms with van der Waals surface area (Å²) in [7, 11) is 0. The topological polar surface area (TPSA) is 83.6 Å². The van der Waals surface area contributed by atoms with Crippen LogP contribution >= 0.6 is 11.3 Å². The van der Waals surface area contributed by atoms with Crippen molar-refractivity contribution in [1.82, 2.24) is 15.2 Å². The maximum atomic E-state index is 11.9. The number of benzene rings is 1. The highest BCUT2D eigenvalue weighted by atomic mass is 32.1. The van der Waals surface area contributed by atoms with Crippen molar-refractivity contribution >= 4 is 34.2 Å². The average Bonchev–Trinajstić information content (AvgIpc) is 3.04. The Morgan fingerprint density at radius 1 is 1.22 bits per heavy atom. The van der Waals surface area contributed by atoms with Crippen molar-refractivity contribution in [2.24, 2.45) is 0 Å². The smallest absolute Gasteiger partial charge is 0.413 e.